The number of hydrogen-bond acceptors (Lipinski definition) is 5. The predicted octanol–water partition coefficient (Wildman–Crippen LogP) is 5.41. The SMILES string of the molecule is C.CC[C@H]1O[C@@H](n2ccc3c(=O)[nH]c(C)nc32)[C@@H](O[Si](C)(C)C(C)(C)C)C1OP(C)C. The Morgan fingerprint density at radius 2 is 1.94 bits per heavy atom. The summed E-state index contributed by atoms with van der Waals surface area (Å²) in [6.45, 7) is 19.3. The zero-order valence-corrected chi connectivity index (χ0v) is 21.5. The second-order valence-corrected chi connectivity index (χ2v) is 16.4. The van der Waals surface area contributed by atoms with E-state index >= 15 is 0 Å². The minimum atomic E-state index is -2.10. The van der Waals surface area contributed by atoms with E-state index in [0.29, 0.717) is 16.9 Å². The molecule has 0 spiro atoms. The third kappa shape index (κ3) is 5.14. The molecule has 1 fully saturated rings. The van der Waals surface area contributed by atoms with Crippen molar-refractivity contribution in [2.45, 2.75) is 91.1 Å². The second kappa shape index (κ2) is 9.44. The summed E-state index contributed by atoms with van der Waals surface area (Å²) >= 11 is 0. The Kier molecular flexibility index (Phi) is 7.98. The molecule has 0 amide bonds. The molecule has 2 aromatic rings. The molecule has 0 radical (unpaired) electrons. The van der Waals surface area contributed by atoms with Crippen LogP contribution >= 0.6 is 8.15 Å². The fourth-order valence-electron chi connectivity index (χ4n) is 3.63. The highest BCUT2D eigenvalue weighted by Gasteiger charge is 2.51. The normalized spacial score (nSPS) is 24.7. The summed E-state index contributed by atoms with van der Waals surface area (Å²) < 4.78 is 21.8. The molecule has 1 saturated heterocycles. The summed E-state index contributed by atoms with van der Waals surface area (Å²) in [5.41, 5.74) is 0.484. The summed E-state index contributed by atoms with van der Waals surface area (Å²) in [5, 5.41) is 0.612. The van der Waals surface area contributed by atoms with Crippen LogP contribution in [-0.2, 0) is 13.7 Å². The fourth-order valence-corrected chi connectivity index (χ4v) is 5.66. The average molecular weight is 470 g/mol. The van der Waals surface area contributed by atoms with Crippen molar-refractivity contribution in [3.05, 3.63) is 28.4 Å². The number of fused-ring (bicyclic) bond motifs is 1. The number of aryl methyl sites for hydroxylation is 1. The van der Waals surface area contributed by atoms with Crippen molar-refractivity contribution in [3.63, 3.8) is 0 Å². The Labute approximate surface area is 188 Å². The average Bonchev–Trinajstić information content (AvgIpc) is 3.15. The largest absolute Gasteiger partial charge is 0.407 e. The molecule has 1 unspecified atom stereocenters. The van der Waals surface area contributed by atoms with E-state index in [1.54, 1.807) is 13.0 Å². The Morgan fingerprint density at radius 1 is 1.29 bits per heavy atom. The van der Waals surface area contributed by atoms with Gasteiger partial charge in [0.15, 0.2) is 14.5 Å². The Balaban J connectivity index is 0.00000341. The van der Waals surface area contributed by atoms with Gasteiger partial charge in [0, 0.05) is 14.3 Å². The highest BCUT2D eigenvalue weighted by atomic mass is 31.1. The lowest BCUT2D eigenvalue weighted by atomic mass is 10.1. The first-order valence-corrected chi connectivity index (χ1v) is 15.7. The van der Waals surface area contributed by atoms with Gasteiger partial charge >= 0.3 is 0 Å². The quantitative estimate of drug-likeness (QED) is 0.452. The topological polar surface area (TPSA) is 78.4 Å². The van der Waals surface area contributed by atoms with Gasteiger partial charge in [-0.05, 0) is 50.9 Å². The first kappa shape index (κ1) is 26.2. The Bertz CT molecular complexity index is 950. The van der Waals surface area contributed by atoms with Gasteiger partial charge in [-0.25, -0.2) is 4.98 Å². The molecule has 0 bridgehead atoms. The summed E-state index contributed by atoms with van der Waals surface area (Å²) in [6.07, 6.45) is 1.82. The first-order chi connectivity index (χ1) is 13.9. The molecule has 7 nitrogen and oxygen atoms in total. The summed E-state index contributed by atoms with van der Waals surface area (Å²) in [5.74, 6) is 0.581. The molecule has 0 saturated carbocycles. The number of nitrogens with one attached hydrogen (secondary N) is 1. The minimum absolute atomic E-state index is 0. The van der Waals surface area contributed by atoms with Crippen LogP contribution in [0.3, 0.4) is 0 Å². The third-order valence-electron chi connectivity index (χ3n) is 6.23. The number of hydrogen-bond donors (Lipinski definition) is 1. The van der Waals surface area contributed by atoms with Crippen LogP contribution in [0.1, 0.15) is 53.6 Å². The standard InChI is InChI=1S/C21H36N3O4PSi.CH4/c1-10-15-16(27-29(6)7)17(28-30(8,9)21(3,4)5)20(26-15)24-12-11-14-18(24)22-13(2)23-19(14)25;/h11-12,15-17,20H,10H2,1-9H3,(H,22,23,25);1H4/t15-,16?,17+,20-;/m1./s1. The maximum absolute atomic E-state index is 12.4. The lowest BCUT2D eigenvalue weighted by Gasteiger charge is -2.41. The van der Waals surface area contributed by atoms with Crippen molar-refractivity contribution in [1.82, 2.24) is 14.5 Å². The van der Waals surface area contributed by atoms with Gasteiger partial charge in [-0.15, -0.1) is 0 Å². The van der Waals surface area contributed by atoms with Gasteiger partial charge in [0.05, 0.1) is 11.5 Å². The van der Waals surface area contributed by atoms with E-state index in [1.165, 1.54) is 0 Å². The van der Waals surface area contributed by atoms with Crippen LogP contribution in [0, 0.1) is 6.92 Å². The van der Waals surface area contributed by atoms with E-state index in [0.717, 1.165) is 6.42 Å². The van der Waals surface area contributed by atoms with E-state index in [4.69, 9.17) is 13.7 Å². The molecule has 0 aromatic carbocycles. The molecule has 1 N–H and O–H groups in total. The maximum atomic E-state index is 12.4. The van der Waals surface area contributed by atoms with Crippen molar-refractivity contribution in [2.75, 3.05) is 13.3 Å². The maximum Gasteiger partial charge on any atom is 0.260 e. The van der Waals surface area contributed by atoms with Crippen LogP contribution in [0.4, 0.5) is 0 Å². The summed E-state index contributed by atoms with van der Waals surface area (Å²) in [6, 6.07) is 1.80. The zero-order valence-electron chi connectivity index (χ0n) is 19.6. The van der Waals surface area contributed by atoms with E-state index < -0.39 is 22.7 Å². The van der Waals surface area contributed by atoms with Crippen LogP contribution < -0.4 is 5.56 Å². The van der Waals surface area contributed by atoms with Crippen LogP contribution in [0.25, 0.3) is 11.0 Å². The van der Waals surface area contributed by atoms with E-state index in [2.05, 4.69) is 64.1 Å². The molecule has 176 valence electrons. The van der Waals surface area contributed by atoms with E-state index in [9.17, 15) is 4.79 Å². The summed E-state index contributed by atoms with van der Waals surface area (Å²) in [4.78, 5) is 19.8. The number of ether oxygens (including phenoxy) is 1. The zero-order chi connectivity index (χ0) is 22.4. The van der Waals surface area contributed by atoms with Crippen molar-refractivity contribution in [3.8, 4) is 0 Å². The Hall–Kier alpha value is -1.05. The van der Waals surface area contributed by atoms with Gasteiger partial charge in [0.1, 0.15) is 23.7 Å². The van der Waals surface area contributed by atoms with E-state index in [-0.39, 0.29) is 36.3 Å². The highest BCUT2D eigenvalue weighted by molar-refractivity contribution is 7.50. The van der Waals surface area contributed by atoms with Crippen LogP contribution in [0.5, 0.6) is 0 Å². The van der Waals surface area contributed by atoms with E-state index in [1.807, 2.05) is 10.8 Å². The smallest absolute Gasteiger partial charge is 0.260 e. The van der Waals surface area contributed by atoms with Gasteiger partial charge in [-0.2, -0.15) is 0 Å². The van der Waals surface area contributed by atoms with Crippen LogP contribution in [0.2, 0.25) is 18.1 Å². The molecular weight excluding hydrogens is 429 g/mol. The number of aromatic nitrogens is 3. The molecule has 2 aromatic heterocycles. The first-order valence-electron chi connectivity index (χ1n) is 10.6. The number of nitrogens with zero attached hydrogens (tertiary/aromatic N) is 2. The number of aromatic amines is 1. The monoisotopic (exact) mass is 469 g/mol. The lowest BCUT2D eigenvalue weighted by Crippen LogP contribution is -2.48. The van der Waals surface area contributed by atoms with Crippen molar-refractivity contribution >= 4 is 27.5 Å². The molecule has 3 heterocycles. The molecule has 0 aliphatic carbocycles. The highest BCUT2D eigenvalue weighted by Crippen LogP contribution is 2.46. The van der Waals surface area contributed by atoms with Crippen molar-refractivity contribution < 1.29 is 13.7 Å². The van der Waals surface area contributed by atoms with Gasteiger partial charge in [0.2, 0.25) is 0 Å². The number of rotatable bonds is 6. The van der Waals surface area contributed by atoms with Gasteiger partial charge in [-0.1, -0.05) is 35.1 Å². The number of H-pyrrole nitrogens is 1. The second-order valence-electron chi connectivity index (χ2n) is 9.81. The molecule has 1 aliphatic heterocycles. The molecule has 3 rings (SSSR count). The molecular formula is C22H40N3O4PSi. The molecule has 4 atom stereocenters. The fraction of sp³-hybridized carbons (Fsp3) is 0.727. The van der Waals surface area contributed by atoms with Crippen LogP contribution in [0.15, 0.2) is 17.1 Å². The van der Waals surface area contributed by atoms with Gasteiger partial charge in [-0.3, -0.25) is 4.79 Å². The minimum Gasteiger partial charge on any atom is -0.407 e. The third-order valence-corrected chi connectivity index (χ3v) is 11.4. The molecule has 31 heavy (non-hydrogen) atoms. The van der Waals surface area contributed by atoms with Crippen LogP contribution in [-0.4, -0.2) is 54.5 Å². The molecule has 9 heteroatoms. The Morgan fingerprint density at radius 3 is 2.48 bits per heavy atom. The lowest BCUT2D eigenvalue weighted by molar-refractivity contribution is -0.0320. The molecule has 1 aliphatic rings. The van der Waals surface area contributed by atoms with Gasteiger partial charge in [0.25, 0.3) is 5.56 Å². The van der Waals surface area contributed by atoms with Crippen molar-refractivity contribution in [2.24, 2.45) is 0 Å². The summed E-state index contributed by atoms with van der Waals surface area (Å²) in [7, 11) is -2.69. The predicted molar refractivity (Wildman–Crippen MR) is 132 cm³/mol. The van der Waals surface area contributed by atoms with Crippen molar-refractivity contribution in [1.29, 1.82) is 0 Å². The van der Waals surface area contributed by atoms with Gasteiger partial charge < -0.3 is 23.2 Å².